The molecule has 0 bridgehead atoms. The predicted octanol–water partition coefficient (Wildman–Crippen LogP) is 4.63. The van der Waals surface area contributed by atoms with Gasteiger partial charge in [0.2, 0.25) is 5.88 Å². The van der Waals surface area contributed by atoms with Gasteiger partial charge in [-0.3, -0.25) is 0 Å². The topological polar surface area (TPSA) is 42.4 Å². The van der Waals surface area contributed by atoms with Crippen LogP contribution in [-0.4, -0.2) is 10.1 Å². The average molecular weight is 306 g/mol. The van der Waals surface area contributed by atoms with E-state index >= 15 is 0 Å². The van der Waals surface area contributed by atoms with Gasteiger partial charge in [-0.05, 0) is 35.6 Å². The van der Waals surface area contributed by atoms with Gasteiger partial charge >= 0.3 is 0 Å². The molecular formula is C17H20ClNO2. The number of hydrogen-bond donors (Lipinski definition) is 1. The molecule has 0 fully saturated rings. The van der Waals surface area contributed by atoms with Gasteiger partial charge in [-0.2, -0.15) is 0 Å². The van der Waals surface area contributed by atoms with E-state index in [0.717, 1.165) is 16.9 Å². The molecule has 112 valence electrons. The minimum Gasteiger partial charge on any atom is -0.437 e. The Morgan fingerprint density at radius 3 is 2.52 bits per heavy atom. The van der Waals surface area contributed by atoms with Crippen molar-refractivity contribution in [1.29, 1.82) is 0 Å². The fraction of sp³-hybridized carbons (Fsp3) is 0.353. The van der Waals surface area contributed by atoms with Gasteiger partial charge in [0, 0.05) is 11.8 Å². The van der Waals surface area contributed by atoms with Gasteiger partial charge in [-0.1, -0.05) is 44.5 Å². The van der Waals surface area contributed by atoms with E-state index in [9.17, 15) is 0 Å². The molecule has 0 aliphatic heterocycles. The quantitative estimate of drug-likeness (QED) is 0.899. The Kier molecular flexibility index (Phi) is 4.55. The third kappa shape index (κ3) is 3.74. The van der Waals surface area contributed by atoms with Crippen LogP contribution in [0, 0.1) is 6.92 Å². The maximum atomic E-state index is 9.09. The van der Waals surface area contributed by atoms with E-state index in [-0.39, 0.29) is 12.0 Å². The molecule has 2 rings (SSSR count). The maximum Gasteiger partial charge on any atom is 0.238 e. The molecule has 0 saturated carbocycles. The first kappa shape index (κ1) is 15.8. The van der Waals surface area contributed by atoms with Gasteiger partial charge in [0.1, 0.15) is 10.8 Å². The molecule has 4 heteroatoms. The summed E-state index contributed by atoms with van der Waals surface area (Å²) in [6.07, 6.45) is 1.56. The molecule has 0 saturated heterocycles. The molecule has 0 aliphatic rings. The first-order chi connectivity index (χ1) is 9.81. The van der Waals surface area contributed by atoms with Crippen LogP contribution in [0.2, 0.25) is 5.02 Å². The number of hydrogen-bond acceptors (Lipinski definition) is 3. The van der Waals surface area contributed by atoms with Crippen molar-refractivity contribution in [2.75, 3.05) is 0 Å². The molecule has 0 aliphatic carbocycles. The number of aliphatic hydroxyl groups excluding tert-OH is 1. The van der Waals surface area contributed by atoms with E-state index in [1.165, 1.54) is 0 Å². The zero-order valence-corrected chi connectivity index (χ0v) is 13.5. The Balaban J connectivity index is 2.41. The fourth-order valence-electron chi connectivity index (χ4n) is 2.06. The first-order valence-electron chi connectivity index (χ1n) is 6.85. The van der Waals surface area contributed by atoms with Crippen LogP contribution in [0.1, 0.15) is 37.5 Å². The number of halogens is 1. The lowest BCUT2D eigenvalue weighted by Crippen LogP contribution is -2.12. The summed E-state index contributed by atoms with van der Waals surface area (Å²) in [5.41, 5.74) is 2.83. The number of aliphatic hydroxyl groups is 1. The van der Waals surface area contributed by atoms with Crippen molar-refractivity contribution >= 4 is 11.6 Å². The molecule has 2 aromatic rings. The van der Waals surface area contributed by atoms with Gasteiger partial charge in [0.15, 0.2) is 0 Å². The van der Waals surface area contributed by atoms with Crippen molar-refractivity contribution in [2.45, 2.75) is 39.7 Å². The molecule has 0 atom stereocenters. The molecule has 1 aromatic carbocycles. The highest BCUT2D eigenvalue weighted by Gasteiger charge is 2.20. The fourth-order valence-corrected chi connectivity index (χ4v) is 2.29. The highest BCUT2D eigenvalue weighted by atomic mass is 35.5. The van der Waals surface area contributed by atoms with E-state index in [2.05, 4.69) is 37.9 Å². The number of nitrogens with zero attached hydrogens (tertiary/aromatic N) is 1. The van der Waals surface area contributed by atoms with E-state index in [4.69, 9.17) is 21.4 Å². The summed E-state index contributed by atoms with van der Waals surface area (Å²) in [4.78, 5) is 4.18. The van der Waals surface area contributed by atoms with E-state index in [1.807, 2.05) is 13.0 Å². The van der Waals surface area contributed by atoms with Crippen molar-refractivity contribution in [3.8, 4) is 11.6 Å². The molecule has 3 nitrogen and oxygen atoms in total. The van der Waals surface area contributed by atoms with Crippen molar-refractivity contribution < 1.29 is 9.84 Å². The van der Waals surface area contributed by atoms with Crippen LogP contribution in [0.15, 0.2) is 30.5 Å². The molecular weight excluding hydrogens is 286 g/mol. The number of pyridine rings is 1. The number of ether oxygens (including phenoxy) is 1. The standard InChI is InChI=1S/C17H20ClNO2/c1-11-5-6-13(17(2,3)4)15(7-11)21-16-14(18)8-12(10-20)9-19-16/h5-9,20H,10H2,1-4H3. The summed E-state index contributed by atoms with van der Waals surface area (Å²) < 4.78 is 5.92. The highest BCUT2D eigenvalue weighted by molar-refractivity contribution is 6.31. The van der Waals surface area contributed by atoms with Gasteiger partial charge in [0.05, 0.1) is 6.61 Å². The van der Waals surface area contributed by atoms with E-state index in [1.54, 1.807) is 12.3 Å². The molecule has 1 aromatic heterocycles. The molecule has 0 spiro atoms. The normalized spacial score (nSPS) is 11.5. The summed E-state index contributed by atoms with van der Waals surface area (Å²) >= 11 is 6.17. The molecule has 1 N–H and O–H groups in total. The molecule has 0 amide bonds. The Morgan fingerprint density at radius 2 is 1.95 bits per heavy atom. The molecule has 1 heterocycles. The van der Waals surface area contributed by atoms with Gasteiger partial charge in [-0.15, -0.1) is 0 Å². The van der Waals surface area contributed by atoms with Crippen molar-refractivity contribution in [1.82, 2.24) is 4.98 Å². The second-order valence-electron chi connectivity index (χ2n) is 6.14. The third-order valence-electron chi connectivity index (χ3n) is 3.20. The summed E-state index contributed by atoms with van der Waals surface area (Å²) in [6.45, 7) is 8.32. The van der Waals surface area contributed by atoms with Gasteiger partial charge < -0.3 is 9.84 Å². The number of rotatable bonds is 3. The third-order valence-corrected chi connectivity index (χ3v) is 3.47. The molecule has 0 radical (unpaired) electrons. The molecule has 0 unspecified atom stereocenters. The van der Waals surface area contributed by atoms with Crippen LogP contribution < -0.4 is 4.74 Å². The van der Waals surface area contributed by atoms with Crippen LogP contribution in [0.4, 0.5) is 0 Å². The molecule has 21 heavy (non-hydrogen) atoms. The Bertz CT molecular complexity index is 648. The highest BCUT2D eigenvalue weighted by Crippen LogP contribution is 2.36. The number of aryl methyl sites for hydroxylation is 1. The average Bonchev–Trinajstić information content (AvgIpc) is 2.39. The summed E-state index contributed by atoms with van der Waals surface area (Å²) in [5, 5.41) is 9.48. The van der Waals surface area contributed by atoms with Crippen LogP contribution >= 0.6 is 11.6 Å². The smallest absolute Gasteiger partial charge is 0.238 e. The monoisotopic (exact) mass is 305 g/mol. The summed E-state index contributed by atoms with van der Waals surface area (Å²) in [5.74, 6) is 1.11. The lowest BCUT2D eigenvalue weighted by Gasteiger charge is -2.23. The van der Waals surface area contributed by atoms with Crippen LogP contribution in [-0.2, 0) is 12.0 Å². The van der Waals surface area contributed by atoms with Gasteiger partial charge in [-0.25, -0.2) is 4.98 Å². The van der Waals surface area contributed by atoms with Crippen molar-refractivity contribution in [3.05, 3.63) is 52.2 Å². The largest absolute Gasteiger partial charge is 0.437 e. The van der Waals surface area contributed by atoms with Crippen LogP contribution in [0.25, 0.3) is 0 Å². The summed E-state index contributed by atoms with van der Waals surface area (Å²) in [6, 6.07) is 7.78. The predicted molar refractivity (Wildman–Crippen MR) is 85.1 cm³/mol. The Morgan fingerprint density at radius 1 is 1.24 bits per heavy atom. The number of aromatic nitrogens is 1. The van der Waals surface area contributed by atoms with E-state index in [0.29, 0.717) is 16.5 Å². The van der Waals surface area contributed by atoms with Crippen LogP contribution in [0.5, 0.6) is 11.6 Å². The minimum absolute atomic E-state index is 0.0411. The minimum atomic E-state index is -0.0926. The second-order valence-corrected chi connectivity index (χ2v) is 6.55. The zero-order valence-electron chi connectivity index (χ0n) is 12.8. The van der Waals surface area contributed by atoms with Crippen molar-refractivity contribution in [3.63, 3.8) is 0 Å². The van der Waals surface area contributed by atoms with Crippen LogP contribution in [0.3, 0.4) is 0 Å². The Labute approximate surface area is 130 Å². The second kappa shape index (κ2) is 6.04. The Hall–Kier alpha value is -1.58. The van der Waals surface area contributed by atoms with Gasteiger partial charge in [0.25, 0.3) is 0 Å². The zero-order chi connectivity index (χ0) is 15.6. The summed E-state index contributed by atoms with van der Waals surface area (Å²) in [7, 11) is 0. The lowest BCUT2D eigenvalue weighted by molar-refractivity contribution is 0.281. The maximum absolute atomic E-state index is 9.09. The lowest BCUT2D eigenvalue weighted by atomic mass is 9.86. The first-order valence-corrected chi connectivity index (χ1v) is 7.23. The van der Waals surface area contributed by atoms with Crippen molar-refractivity contribution in [2.24, 2.45) is 0 Å². The SMILES string of the molecule is Cc1ccc(C(C)(C)C)c(Oc2ncc(CO)cc2Cl)c1. The number of benzene rings is 1. The van der Waals surface area contributed by atoms with E-state index < -0.39 is 0 Å².